The molecule has 0 aliphatic rings. The van der Waals surface area contributed by atoms with Gasteiger partial charge in [0.1, 0.15) is 5.82 Å². The second-order valence-electron chi connectivity index (χ2n) is 7.29. The Morgan fingerprint density at radius 3 is 2.39 bits per heavy atom. The van der Waals surface area contributed by atoms with Crippen LogP contribution in [0, 0.1) is 12.7 Å². The van der Waals surface area contributed by atoms with Crippen LogP contribution in [-0.2, 0) is 6.42 Å². The van der Waals surface area contributed by atoms with Crippen molar-refractivity contribution >= 4 is 40.5 Å². The van der Waals surface area contributed by atoms with Crippen molar-refractivity contribution in [2.24, 2.45) is 0 Å². The molecule has 0 radical (unpaired) electrons. The molecule has 162 valence electrons. The number of hydrogen-bond donors (Lipinski definition) is 2. The maximum atomic E-state index is 13.4. The van der Waals surface area contributed by atoms with Crippen molar-refractivity contribution in [1.82, 2.24) is 4.90 Å². The Balaban J connectivity index is 1.72. The molecule has 7 heteroatoms. The third-order valence-corrected chi connectivity index (χ3v) is 5.49. The van der Waals surface area contributed by atoms with Gasteiger partial charge in [0.2, 0.25) is 0 Å². The lowest BCUT2D eigenvalue weighted by Gasteiger charge is -2.24. The zero-order chi connectivity index (χ0) is 22.4. The minimum Gasteiger partial charge on any atom is -0.398 e. The minimum absolute atomic E-state index is 0.128. The van der Waals surface area contributed by atoms with Gasteiger partial charge in [-0.25, -0.2) is 4.39 Å². The zero-order valence-electron chi connectivity index (χ0n) is 17.2. The lowest BCUT2D eigenvalue weighted by atomic mass is 10.1. The number of nitrogens with zero attached hydrogens (tertiary/aromatic N) is 1. The summed E-state index contributed by atoms with van der Waals surface area (Å²) >= 11 is 12.0. The van der Waals surface area contributed by atoms with E-state index in [2.05, 4.69) is 5.32 Å². The fourth-order valence-electron chi connectivity index (χ4n) is 3.28. The van der Waals surface area contributed by atoms with E-state index < -0.39 is 5.82 Å². The molecule has 0 bridgehead atoms. The molecule has 3 aromatic rings. The average molecular weight is 460 g/mol. The van der Waals surface area contributed by atoms with Crippen molar-refractivity contribution in [3.63, 3.8) is 0 Å². The fourth-order valence-corrected chi connectivity index (χ4v) is 3.63. The highest BCUT2D eigenvalue weighted by Gasteiger charge is 2.18. The molecular weight excluding hydrogens is 436 g/mol. The van der Waals surface area contributed by atoms with Crippen LogP contribution in [0.15, 0.2) is 60.7 Å². The number of hydrogen-bond acceptors (Lipinski definition) is 3. The Labute approximate surface area is 191 Å². The van der Waals surface area contributed by atoms with E-state index in [0.29, 0.717) is 41.7 Å². The summed E-state index contributed by atoms with van der Waals surface area (Å²) in [5, 5.41) is 4.69. The molecule has 1 amide bonds. The van der Waals surface area contributed by atoms with Crippen molar-refractivity contribution in [2.75, 3.05) is 30.7 Å². The van der Waals surface area contributed by atoms with Crippen LogP contribution in [0.3, 0.4) is 0 Å². The van der Waals surface area contributed by atoms with Gasteiger partial charge >= 0.3 is 0 Å². The number of amides is 1. The monoisotopic (exact) mass is 459 g/mol. The highest BCUT2D eigenvalue weighted by molar-refractivity contribution is 6.30. The molecule has 0 unspecified atom stereocenters. The largest absolute Gasteiger partial charge is 0.398 e. The van der Waals surface area contributed by atoms with Crippen molar-refractivity contribution in [3.8, 4) is 0 Å². The number of rotatable bonds is 8. The van der Waals surface area contributed by atoms with Gasteiger partial charge in [0.05, 0.1) is 5.56 Å². The first kappa shape index (κ1) is 22.9. The zero-order valence-corrected chi connectivity index (χ0v) is 18.7. The molecule has 3 N–H and O–H groups in total. The molecule has 0 aliphatic carbocycles. The third kappa shape index (κ3) is 6.36. The SMILES string of the molecule is Cc1cc(Cl)ccc1NCCN(CCc1ccc(Cl)cc1)C(=O)c1ccc(F)cc1N. The summed E-state index contributed by atoms with van der Waals surface area (Å²) in [4.78, 5) is 14.9. The molecule has 31 heavy (non-hydrogen) atoms. The van der Waals surface area contributed by atoms with Crippen LogP contribution in [0.1, 0.15) is 21.5 Å². The maximum absolute atomic E-state index is 13.4. The summed E-state index contributed by atoms with van der Waals surface area (Å²) in [7, 11) is 0. The topological polar surface area (TPSA) is 58.4 Å². The van der Waals surface area contributed by atoms with Gasteiger partial charge in [0, 0.05) is 41.1 Å². The number of nitrogen functional groups attached to an aromatic ring is 1. The van der Waals surface area contributed by atoms with Crippen molar-refractivity contribution < 1.29 is 9.18 Å². The highest BCUT2D eigenvalue weighted by Crippen LogP contribution is 2.20. The van der Waals surface area contributed by atoms with Gasteiger partial charge in [-0.2, -0.15) is 0 Å². The summed E-state index contributed by atoms with van der Waals surface area (Å²) in [5.41, 5.74) is 9.37. The van der Waals surface area contributed by atoms with E-state index in [9.17, 15) is 9.18 Å². The quantitative estimate of drug-likeness (QED) is 0.417. The van der Waals surface area contributed by atoms with E-state index in [0.717, 1.165) is 16.8 Å². The van der Waals surface area contributed by atoms with Crippen molar-refractivity contribution in [2.45, 2.75) is 13.3 Å². The van der Waals surface area contributed by atoms with E-state index in [1.807, 2.05) is 49.4 Å². The molecule has 0 fully saturated rings. The summed E-state index contributed by atoms with van der Waals surface area (Å²) in [6, 6.07) is 17.0. The van der Waals surface area contributed by atoms with Gasteiger partial charge in [0.15, 0.2) is 0 Å². The number of aryl methyl sites for hydroxylation is 1. The smallest absolute Gasteiger partial charge is 0.256 e. The molecule has 3 rings (SSSR count). The molecule has 4 nitrogen and oxygen atoms in total. The van der Waals surface area contributed by atoms with Crippen molar-refractivity contribution in [3.05, 3.63) is 93.2 Å². The Bertz CT molecular complexity index is 1060. The first-order valence-electron chi connectivity index (χ1n) is 9.92. The lowest BCUT2D eigenvalue weighted by molar-refractivity contribution is 0.0765. The standard InChI is InChI=1S/C24H24Cl2FN3O/c1-16-14-19(26)6-9-23(16)29-11-13-30(12-10-17-2-4-18(25)5-3-17)24(31)21-8-7-20(27)15-22(21)28/h2-9,14-15,29H,10-13,28H2,1H3. The van der Waals surface area contributed by atoms with Crippen LogP contribution in [0.25, 0.3) is 0 Å². The normalized spacial score (nSPS) is 10.7. The summed E-state index contributed by atoms with van der Waals surface area (Å²) < 4.78 is 13.4. The Morgan fingerprint density at radius 1 is 1.00 bits per heavy atom. The molecule has 3 aromatic carbocycles. The van der Waals surface area contributed by atoms with Crippen LogP contribution >= 0.6 is 23.2 Å². The van der Waals surface area contributed by atoms with Gasteiger partial charge in [-0.1, -0.05) is 35.3 Å². The van der Waals surface area contributed by atoms with Gasteiger partial charge in [-0.05, 0) is 73.0 Å². The van der Waals surface area contributed by atoms with E-state index in [-0.39, 0.29) is 11.6 Å². The van der Waals surface area contributed by atoms with E-state index in [4.69, 9.17) is 28.9 Å². The van der Waals surface area contributed by atoms with Crippen molar-refractivity contribution in [1.29, 1.82) is 0 Å². The van der Waals surface area contributed by atoms with Gasteiger partial charge in [-0.3, -0.25) is 4.79 Å². The molecule has 0 atom stereocenters. The van der Waals surface area contributed by atoms with Gasteiger partial charge in [-0.15, -0.1) is 0 Å². The summed E-state index contributed by atoms with van der Waals surface area (Å²) in [6.07, 6.45) is 0.657. The molecule has 0 spiro atoms. The number of benzene rings is 3. The molecule has 0 aromatic heterocycles. The molecular formula is C24H24Cl2FN3O. The van der Waals surface area contributed by atoms with Crippen LogP contribution < -0.4 is 11.1 Å². The first-order chi connectivity index (χ1) is 14.8. The molecule has 0 saturated carbocycles. The van der Waals surface area contributed by atoms with Crippen LogP contribution in [-0.4, -0.2) is 30.4 Å². The number of nitrogens with one attached hydrogen (secondary N) is 1. The summed E-state index contributed by atoms with van der Waals surface area (Å²) in [6.45, 7) is 3.44. The molecule has 0 heterocycles. The minimum atomic E-state index is -0.471. The predicted octanol–water partition coefficient (Wildman–Crippen LogP) is 5.82. The Hall–Kier alpha value is -2.76. The van der Waals surface area contributed by atoms with Crippen LogP contribution in [0.4, 0.5) is 15.8 Å². The Morgan fingerprint density at radius 2 is 1.71 bits per heavy atom. The number of halogens is 3. The maximum Gasteiger partial charge on any atom is 0.256 e. The highest BCUT2D eigenvalue weighted by atomic mass is 35.5. The number of carbonyl (C=O) groups excluding carboxylic acids is 1. The second kappa shape index (κ2) is 10.5. The average Bonchev–Trinajstić information content (AvgIpc) is 2.72. The molecule has 0 aliphatic heterocycles. The van der Waals surface area contributed by atoms with E-state index >= 15 is 0 Å². The van der Waals surface area contributed by atoms with E-state index in [1.165, 1.54) is 18.2 Å². The number of nitrogens with two attached hydrogens (primary N) is 1. The Kier molecular flexibility index (Phi) is 7.77. The lowest BCUT2D eigenvalue weighted by Crippen LogP contribution is -2.37. The summed E-state index contributed by atoms with van der Waals surface area (Å²) in [5.74, 6) is -0.706. The van der Waals surface area contributed by atoms with Gasteiger partial charge < -0.3 is 16.0 Å². The fraction of sp³-hybridized carbons (Fsp3) is 0.208. The van der Waals surface area contributed by atoms with Crippen LogP contribution in [0.2, 0.25) is 10.0 Å². The number of carbonyl (C=O) groups is 1. The van der Waals surface area contributed by atoms with E-state index in [1.54, 1.807) is 4.90 Å². The number of anilines is 2. The third-order valence-electron chi connectivity index (χ3n) is 5.00. The molecule has 0 saturated heterocycles. The second-order valence-corrected chi connectivity index (χ2v) is 8.16. The van der Waals surface area contributed by atoms with Gasteiger partial charge in [0.25, 0.3) is 5.91 Å². The van der Waals surface area contributed by atoms with Crippen LogP contribution in [0.5, 0.6) is 0 Å². The first-order valence-corrected chi connectivity index (χ1v) is 10.7. The predicted molar refractivity (Wildman–Crippen MR) is 127 cm³/mol.